The van der Waals surface area contributed by atoms with E-state index in [9.17, 15) is 22.4 Å². The predicted molar refractivity (Wildman–Crippen MR) is 114 cm³/mol. The Balaban J connectivity index is 1.48. The lowest BCUT2D eigenvalue weighted by atomic mass is 9.92. The third kappa shape index (κ3) is 6.40. The molecule has 0 aliphatic heterocycles. The summed E-state index contributed by atoms with van der Waals surface area (Å²) in [6, 6.07) is 10.8. The minimum absolute atomic E-state index is 0.00574. The first-order valence-corrected chi connectivity index (χ1v) is 10.5. The molecule has 1 aliphatic carbocycles. The molecule has 1 fully saturated rings. The van der Waals surface area contributed by atoms with Crippen molar-refractivity contribution in [3.8, 4) is 0 Å². The van der Waals surface area contributed by atoms with Crippen LogP contribution < -0.4 is 5.32 Å². The highest BCUT2D eigenvalue weighted by Gasteiger charge is 2.33. The number of aliphatic imine (C=N–C) groups is 1. The van der Waals surface area contributed by atoms with E-state index in [0.717, 1.165) is 36.1 Å². The highest BCUT2D eigenvalue weighted by Crippen LogP contribution is 2.36. The van der Waals surface area contributed by atoms with Crippen molar-refractivity contribution in [2.75, 3.05) is 6.54 Å². The van der Waals surface area contributed by atoms with E-state index < -0.39 is 17.7 Å². The molecule has 0 spiro atoms. The van der Waals surface area contributed by atoms with E-state index in [0.29, 0.717) is 5.56 Å². The van der Waals surface area contributed by atoms with Gasteiger partial charge in [0.2, 0.25) is 5.91 Å². The summed E-state index contributed by atoms with van der Waals surface area (Å²) in [4.78, 5) is 17.2. The smallest absolute Gasteiger partial charge is 0.351 e. The number of amides is 1. The van der Waals surface area contributed by atoms with Gasteiger partial charge in [-0.05, 0) is 54.8 Å². The minimum atomic E-state index is -4.42. The molecule has 0 aromatic heterocycles. The van der Waals surface area contributed by atoms with Crippen molar-refractivity contribution < 1.29 is 22.4 Å². The van der Waals surface area contributed by atoms with Gasteiger partial charge in [-0.15, -0.1) is 11.8 Å². The number of alkyl halides is 3. The number of benzene rings is 2. The molecule has 1 aliphatic rings. The lowest BCUT2D eigenvalue weighted by molar-refractivity contribution is -0.137. The Hall–Kier alpha value is -2.68. The summed E-state index contributed by atoms with van der Waals surface area (Å²) in [6.07, 6.45) is -0.172. The number of hydrogen-bond donors (Lipinski definition) is 2. The molecule has 0 saturated heterocycles. The quantitative estimate of drug-likeness (QED) is 0.434. The second-order valence-electron chi connectivity index (χ2n) is 7.16. The Labute approximate surface area is 181 Å². The largest absolute Gasteiger partial charge is 0.416 e. The molecule has 3 rings (SSSR count). The van der Waals surface area contributed by atoms with E-state index in [-0.39, 0.29) is 29.6 Å². The first kappa shape index (κ1) is 23.0. The van der Waals surface area contributed by atoms with Crippen molar-refractivity contribution in [2.24, 2.45) is 4.99 Å². The van der Waals surface area contributed by atoms with Gasteiger partial charge in [0.15, 0.2) is 0 Å². The Morgan fingerprint density at radius 1 is 1.16 bits per heavy atom. The van der Waals surface area contributed by atoms with Crippen molar-refractivity contribution in [1.29, 1.82) is 5.41 Å². The van der Waals surface area contributed by atoms with Crippen LogP contribution in [-0.4, -0.2) is 36.2 Å². The van der Waals surface area contributed by atoms with Crippen LogP contribution in [0.4, 0.5) is 17.6 Å². The van der Waals surface area contributed by atoms with E-state index in [1.807, 2.05) is 0 Å². The maximum Gasteiger partial charge on any atom is 0.416 e. The van der Waals surface area contributed by atoms with Gasteiger partial charge in [-0.2, -0.15) is 13.2 Å². The van der Waals surface area contributed by atoms with Gasteiger partial charge in [0.25, 0.3) is 0 Å². The van der Waals surface area contributed by atoms with E-state index in [2.05, 4.69) is 10.3 Å². The highest BCUT2D eigenvalue weighted by atomic mass is 32.2. The molecule has 0 radical (unpaired) electrons. The minimum Gasteiger partial charge on any atom is -0.351 e. The van der Waals surface area contributed by atoms with Gasteiger partial charge in [0.1, 0.15) is 12.4 Å². The van der Waals surface area contributed by atoms with Crippen LogP contribution in [0, 0.1) is 11.2 Å². The summed E-state index contributed by atoms with van der Waals surface area (Å²) in [5, 5.41) is 10.6. The average molecular weight is 451 g/mol. The maximum atomic E-state index is 13.0. The molecule has 2 N–H and O–H groups in total. The van der Waals surface area contributed by atoms with Crippen LogP contribution in [0.5, 0.6) is 0 Å². The van der Waals surface area contributed by atoms with Gasteiger partial charge in [-0.3, -0.25) is 9.79 Å². The molecular formula is C22H21F4N3OS. The van der Waals surface area contributed by atoms with Gasteiger partial charge in [-0.25, -0.2) is 4.39 Å². The maximum absolute atomic E-state index is 13.0. The fourth-order valence-corrected chi connectivity index (χ4v) is 4.35. The van der Waals surface area contributed by atoms with Gasteiger partial charge in [0, 0.05) is 28.6 Å². The standard InChI is InChI=1S/C22H21F4N3OS/c23-17-5-7-18(8-6-17)31-20-10-9-19(20)29-21(30)13-28-12-15(11-27)14-1-3-16(4-2-14)22(24,25)26/h1-8,11-12,15,19-20,27H,9-10,13H2,(H,29,30). The van der Waals surface area contributed by atoms with E-state index in [4.69, 9.17) is 5.41 Å². The molecule has 31 heavy (non-hydrogen) atoms. The van der Waals surface area contributed by atoms with Crippen molar-refractivity contribution >= 4 is 30.1 Å². The number of nitrogens with one attached hydrogen (secondary N) is 2. The van der Waals surface area contributed by atoms with Gasteiger partial charge in [0.05, 0.1) is 11.5 Å². The highest BCUT2D eigenvalue weighted by molar-refractivity contribution is 8.00. The molecular weight excluding hydrogens is 430 g/mol. The van der Waals surface area contributed by atoms with Gasteiger partial charge in [-0.1, -0.05) is 12.1 Å². The molecule has 2 aromatic carbocycles. The zero-order chi connectivity index (χ0) is 22.4. The fraction of sp³-hybridized carbons (Fsp3) is 0.318. The molecule has 4 nitrogen and oxygen atoms in total. The number of hydrogen-bond acceptors (Lipinski definition) is 4. The third-order valence-electron chi connectivity index (χ3n) is 4.96. The van der Waals surface area contributed by atoms with Crippen LogP contribution in [0.1, 0.15) is 29.9 Å². The lowest BCUT2D eigenvalue weighted by Crippen LogP contribution is -2.49. The average Bonchev–Trinajstić information content (AvgIpc) is 2.73. The number of carbonyl (C=O) groups excluding carboxylic acids is 1. The second kappa shape index (κ2) is 10.1. The van der Waals surface area contributed by atoms with Crippen LogP contribution in [0.2, 0.25) is 0 Å². The summed E-state index contributed by atoms with van der Waals surface area (Å²) in [5.41, 5.74) is -0.272. The first-order valence-electron chi connectivity index (χ1n) is 9.65. The lowest BCUT2D eigenvalue weighted by Gasteiger charge is -2.36. The Morgan fingerprint density at radius 3 is 2.39 bits per heavy atom. The fourth-order valence-electron chi connectivity index (χ4n) is 3.08. The summed E-state index contributed by atoms with van der Waals surface area (Å²) < 4.78 is 51.0. The number of thioether (sulfide) groups is 1. The normalized spacial score (nSPS) is 19.6. The number of carbonyl (C=O) groups is 1. The molecule has 0 bridgehead atoms. The monoisotopic (exact) mass is 451 g/mol. The Morgan fingerprint density at radius 2 is 1.84 bits per heavy atom. The molecule has 3 unspecified atom stereocenters. The van der Waals surface area contributed by atoms with Gasteiger partial charge < -0.3 is 10.7 Å². The van der Waals surface area contributed by atoms with Crippen molar-refractivity contribution in [3.63, 3.8) is 0 Å². The van der Waals surface area contributed by atoms with E-state index >= 15 is 0 Å². The van der Waals surface area contributed by atoms with Crippen LogP contribution in [0.25, 0.3) is 0 Å². The topological polar surface area (TPSA) is 65.3 Å². The van der Waals surface area contributed by atoms with Crippen LogP contribution >= 0.6 is 11.8 Å². The SMILES string of the molecule is N=CC(C=NCC(=O)NC1CCC1Sc1ccc(F)cc1)c1ccc(C(F)(F)F)cc1. The van der Waals surface area contributed by atoms with Crippen molar-refractivity contribution in [2.45, 2.75) is 41.1 Å². The molecule has 1 amide bonds. The van der Waals surface area contributed by atoms with Crippen LogP contribution in [-0.2, 0) is 11.0 Å². The van der Waals surface area contributed by atoms with Crippen molar-refractivity contribution in [3.05, 3.63) is 65.5 Å². The molecule has 3 atom stereocenters. The summed E-state index contributed by atoms with van der Waals surface area (Å²) in [6.45, 7) is -0.130. The van der Waals surface area contributed by atoms with Crippen LogP contribution in [0.3, 0.4) is 0 Å². The second-order valence-corrected chi connectivity index (χ2v) is 8.48. The van der Waals surface area contributed by atoms with Crippen LogP contribution in [0.15, 0.2) is 58.4 Å². The number of nitrogens with zero attached hydrogens (tertiary/aromatic N) is 1. The number of rotatable bonds is 8. The predicted octanol–water partition coefficient (Wildman–Crippen LogP) is 5.09. The molecule has 164 valence electrons. The number of halogens is 4. The summed E-state index contributed by atoms with van der Waals surface area (Å²) in [5.74, 6) is -1.16. The Kier molecular flexibility index (Phi) is 7.48. The summed E-state index contributed by atoms with van der Waals surface area (Å²) in [7, 11) is 0. The van der Waals surface area contributed by atoms with E-state index in [1.54, 1.807) is 23.9 Å². The molecule has 9 heteroatoms. The zero-order valence-electron chi connectivity index (χ0n) is 16.4. The molecule has 2 aromatic rings. The van der Waals surface area contributed by atoms with Gasteiger partial charge >= 0.3 is 6.18 Å². The first-order chi connectivity index (χ1) is 14.8. The summed E-state index contributed by atoms with van der Waals surface area (Å²) >= 11 is 1.59. The van der Waals surface area contributed by atoms with E-state index in [1.165, 1.54) is 30.5 Å². The molecule has 1 saturated carbocycles. The zero-order valence-corrected chi connectivity index (χ0v) is 17.2. The molecule has 0 heterocycles. The van der Waals surface area contributed by atoms with Crippen molar-refractivity contribution in [1.82, 2.24) is 5.32 Å². The third-order valence-corrected chi connectivity index (χ3v) is 6.37. The Bertz CT molecular complexity index is 929.